The SMILES string of the molecule is C1=CC2=CCC=C3C=CC4=CC=C5CC6CCC=C1C1=C(C6)CC5C4C3C21. The van der Waals surface area contributed by atoms with Crippen molar-refractivity contribution in [3.8, 4) is 0 Å². The van der Waals surface area contributed by atoms with Crippen molar-refractivity contribution in [1.82, 2.24) is 0 Å². The molecular weight excluding hydrogens is 324 g/mol. The van der Waals surface area contributed by atoms with E-state index in [0.717, 1.165) is 18.3 Å². The third-order valence-corrected chi connectivity index (χ3v) is 8.37. The van der Waals surface area contributed by atoms with Gasteiger partial charge in [0.25, 0.3) is 0 Å². The number of hydrogen-bond acceptors (Lipinski definition) is 0. The van der Waals surface area contributed by atoms with Gasteiger partial charge < -0.3 is 0 Å². The summed E-state index contributed by atoms with van der Waals surface area (Å²) in [5.74, 6) is 3.50. The van der Waals surface area contributed by atoms with E-state index in [1.807, 2.05) is 5.57 Å². The van der Waals surface area contributed by atoms with Crippen LogP contribution in [0.1, 0.15) is 38.5 Å². The molecule has 0 aromatic heterocycles. The van der Waals surface area contributed by atoms with E-state index in [1.165, 1.54) is 32.1 Å². The topological polar surface area (TPSA) is 0 Å². The average molecular weight is 351 g/mol. The average Bonchev–Trinajstić information content (AvgIpc) is 3.04. The van der Waals surface area contributed by atoms with Crippen LogP contribution in [0.4, 0.5) is 0 Å². The molecule has 5 unspecified atom stereocenters. The first kappa shape index (κ1) is 14.9. The molecule has 7 rings (SSSR count). The fraction of sp³-hybridized carbons (Fsp3) is 0.407. The number of fused-ring (bicyclic) bond motifs is 1. The van der Waals surface area contributed by atoms with E-state index in [1.54, 1.807) is 33.4 Å². The Bertz CT molecular complexity index is 997. The maximum atomic E-state index is 2.58. The van der Waals surface area contributed by atoms with Gasteiger partial charge in [-0.1, -0.05) is 65.8 Å². The van der Waals surface area contributed by atoms with Gasteiger partial charge in [0.05, 0.1) is 0 Å². The Kier molecular flexibility index (Phi) is 2.90. The van der Waals surface area contributed by atoms with Crippen molar-refractivity contribution < 1.29 is 0 Å². The van der Waals surface area contributed by atoms with Crippen molar-refractivity contribution in [2.45, 2.75) is 38.5 Å². The Hall–Kier alpha value is -2.08. The fourth-order valence-corrected chi connectivity index (χ4v) is 7.36. The van der Waals surface area contributed by atoms with Gasteiger partial charge in [0.1, 0.15) is 0 Å². The zero-order valence-corrected chi connectivity index (χ0v) is 15.8. The summed E-state index contributed by atoms with van der Waals surface area (Å²) in [4.78, 5) is 0. The molecule has 0 spiro atoms. The van der Waals surface area contributed by atoms with Crippen LogP contribution in [-0.2, 0) is 0 Å². The van der Waals surface area contributed by atoms with Gasteiger partial charge in [-0.15, -0.1) is 0 Å². The van der Waals surface area contributed by atoms with Crippen LogP contribution in [0.2, 0.25) is 0 Å². The molecule has 0 heteroatoms. The molecule has 7 aliphatic carbocycles. The van der Waals surface area contributed by atoms with Crippen LogP contribution in [0.25, 0.3) is 0 Å². The molecule has 0 saturated heterocycles. The summed E-state index contributed by atoms with van der Waals surface area (Å²) in [5.41, 5.74) is 11.7. The molecule has 0 amide bonds. The molecule has 0 nitrogen and oxygen atoms in total. The lowest BCUT2D eigenvalue weighted by Gasteiger charge is -2.44. The van der Waals surface area contributed by atoms with Crippen LogP contribution >= 0.6 is 0 Å². The normalized spacial score (nSPS) is 40.0. The van der Waals surface area contributed by atoms with Crippen LogP contribution in [0.5, 0.6) is 0 Å². The first-order valence-electron chi connectivity index (χ1n) is 11.0. The first-order chi connectivity index (χ1) is 13.4. The molecular formula is C27H26. The Labute approximate surface area is 162 Å². The number of rotatable bonds is 0. The van der Waals surface area contributed by atoms with Crippen LogP contribution in [0.15, 0.2) is 93.7 Å². The Morgan fingerprint density at radius 3 is 2.63 bits per heavy atom. The van der Waals surface area contributed by atoms with Crippen molar-refractivity contribution in [3.63, 3.8) is 0 Å². The highest BCUT2D eigenvalue weighted by Gasteiger charge is 2.49. The largest absolute Gasteiger partial charge is 0.0772 e. The molecule has 0 aliphatic heterocycles. The van der Waals surface area contributed by atoms with Crippen molar-refractivity contribution in [2.75, 3.05) is 0 Å². The highest BCUT2D eigenvalue weighted by Crippen LogP contribution is 2.60. The van der Waals surface area contributed by atoms with Crippen molar-refractivity contribution >= 4 is 0 Å². The van der Waals surface area contributed by atoms with Gasteiger partial charge in [-0.3, -0.25) is 0 Å². The second kappa shape index (κ2) is 5.25. The van der Waals surface area contributed by atoms with E-state index in [-0.39, 0.29) is 0 Å². The minimum atomic E-state index is 0.588. The minimum absolute atomic E-state index is 0.588. The van der Waals surface area contributed by atoms with Crippen LogP contribution in [0.3, 0.4) is 0 Å². The van der Waals surface area contributed by atoms with Crippen molar-refractivity contribution in [2.24, 2.45) is 29.6 Å². The van der Waals surface area contributed by atoms with Gasteiger partial charge in [0.2, 0.25) is 0 Å². The zero-order valence-electron chi connectivity index (χ0n) is 15.8. The molecule has 0 aromatic carbocycles. The molecule has 134 valence electrons. The maximum absolute atomic E-state index is 2.58. The van der Waals surface area contributed by atoms with Gasteiger partial charge in [0.15, 0.2) is 0 Å². The third-order valence-electron chi connectivity index (χ3n) is 8.37. The van der Waals surface area contributed by atoms with E-state index in [0.29, 0.717) is 17.8 Å². The smallest absolute Gasteiger partial charge is 0.0166 e. The summed E-state index contributed by atoms with van der Waals surface area (Å²) < 4.78 is 0. The lowest BCUT2D eigenvalue weighted by molar-refractivity contribution is 0.293. The molecule has 3 bridgehead atoms. The lowest BCUT2D eigenvalue weighted by atomic mass is 9.59. The quantitative estimate of drug-likeness (QED) is 0.465. The first-order valence-corrected chi connectivity index (χ1v) is 11.0. The van der Waals surface area contributed by atoms with Gasteiger partial charge in [-0.05, 0) is 84.1 Å². The molecule has 1 saturated carbocycles. The molecule has 0 N–H and O–H groups in total. The fourth-order valence-electron chi connectivity index (χ4n) is 7.36. The molecule has 27 heavy (non-hydrogen) atoms. The summed E-state index contributed by atoms with van der Waals surface area (Å²) in [6.45, 7) is 0. The third kappa shape index (κ3) is 1.94. The molecule has 7 aliphatic rings. The molecule has 0 radical (unpaired) electrons. The monoisotopic (exact) mass is 350 g/mol. The molecule has 0 aromatic rings. The van der Waals surface area contributed by atoms with E-state index < -0.39 is 0 Å². The minimum Gasteiger partial charge on any atom is -0.0772 e. The summed E-state index contributed by atoms with van der Waals surface area (Å²) in [6, 6.07) is 0. The van der Waals surface area contributed by atoms with Gasteiger partial charge in [-0.25, -0.2) is 0 Å². The standard InChI is InChI=1S/C27H26/c1-3-16-13-21-12-11-20-10-9-19-6-2-5-18-8-7-17(4-1)24-22(14-16)15-23(21)25(20)27(19)26(18)24/h4-12,16,23,25-27H,1-3,13-15H2. The molecule has 0 heterocycles. The van der Waals surface area contributed by atoms with Gasteiger partial charge in [-0.2, -0.15) is 0 Å². The maximum Gasteiger partial charge on any atom is 0.0166 e. The lowest BCUT2D eigenvalue weighted by Crippen LogP contribution is -2.36. The molecule has 5 atom stereocenters. The predicted molar refractivity (Wildman–Crippen MR) is 111 cm³/mol. The van der Waals surface area contributed by atoms with Crippen LogP contribution in [0, 0.1) is 29.6 Å². The van der Waals surface area contributed by atoms with Crippen LogP contribution < -0.4 is 0 Å². The van der Waals surface area contributed by atoms with Crippen LogP contribution in [-0.4, -0.2) is 0 Å². The summed E-state index contributed by atoms with van der Waals surface area (Å²) in [5, 5.41) is 0. The van der Waals surface area contributed by atoms with E-state index in [9.17, 15) is 0 Å². The zero-order chi connectivity index (χ0) is 17.5. The van der Waals surface area contributed by atoms with E-state index in [4.69, 9.17) is 0 Å². The van der Waals surface area contributed by atoms with Gasteiger partial charge >= 0.3 is 0 Å². The van der Waals surface area contributed by atoms with E-state index in [2.05, 4.69) is 54.7 Å². The van der Waals surface area contributed by atoms with E-state index >= 15 is 0 Å². The number of hydrogen-bond donors (Lipinski definition) is 0. The summed E-state index contributed by atoms with van der Waals surface area (Å²) in [6.07, 6.45) is 30.1. The predicted octanol–water partition coefficient (Wildman–Crippen LogP) is 6.54. The molecule has 1 fully saturated rings. The highest BCUT2D eigenvalue weighted by molar-refractivity contribution is 5.61. The Morgan fingerprint density at radius 1 is 0.741 bits per heavy atom. The summed E-state index contributed by atoms with van der Waals surface area (Å²) >= 11 is 0. The second-order valence-electron chi connectivity index (χ2n) is 9.59. The number of allylic oxidation sites excluding steroid dienone is 16. The Balaban J connectivity index is 1.59. The van der Waals surface area contributed by atoms with Crippen molar-refractivity contribution in [1.29, 1.82) is 0 Å². The summed E-state index contributed by atoms with van der Waals surface area (Å²) in [7, 11) is 0. The second-order valence-corrected chi connectivity index (χ2v) is 9.59. The highest BCUT2D eigenvalue weighted by atomic mass is 14.5. The van der Waals surface area contributed by atoms with Gasteiger partial charge in [0, 0.05) is 11.8 Å². The Morgan fingerprint density at radius 2 is 1.63 bits per heavy atom. The van der Waals surface area contributed by atoms with Crippen molar-refractivity contribution in [3.05, 3.63) is 93.7 Å².